The van der Waals surface area contributed by atoms with Gasteiger partial charge in [0.25, 0.3) is 0 Å². The maximum Gasteiger partial charge on any atom is 0.222 e. The van der Waals surface area contributed by atoms with Crippen LogP contribution in [0.4, 0.5) is 17.2 Å². The van der Waals surface area contributed by atoms with Gasteiger partial charge in [-0.15, -0.1) is 0 Å². The fraction of sp³-hybridized carbons (Fsp3) is 0.481. The molecule has 202 valence electrons. The summed E-state index contributed by atoms with van der Waals surface area (Å²) in [7, 11) is 3.95. The Morgan fingerprint density at radius 3 is 2.74 bits per heavy atom. The van der Waals surface area contributed by atoms with E-state index in [9.17, 15) is 9.90 Å². The molecule has 0 saturated carbocycles. The van der Waals surface area contributed by atoms with Gasteiger partial charge in [-0.2, -0.15) is 0 Å². The monoisotopic (exact) mass is 520 g/mol. The summed E-state index contributed by atoms with van der Waals surface area (Å²) in [6.45, 7) is 5.95. The van der Waals surface area contributed by atoms with Crippen LogP contribution in [0, 0.1) is 0 Å². The standard InChI is InChI=1S/C27H36N8O3/c1-33-9-3-5-23(36)34(2)10-4-8-28-25-24-21(27(37)32-26(24)31-18-30-25)16-29-20-6-7-22(19(15-20)17-33)35-11-13-38-14-12-35/h6-7,15-16,18,37H,3-5,8-14,17H2,1-2H3,(H2,28,30,31,32). The first-order valence-electron chi connectivity index (χ1n) is 13.2. The summed E-state index contributed by atoms with van der Waals surface area (Å²) in [6.07, 6.45) is 5.22. The summed E-state index contributed by atoms with van der Waals surface area (Å²) in [5.41, 5.74) is 4.20. The number of H-pyrrole nitrogens is 1. The lowest BCUT2D eigenvalue weighted by Gasteiger charge is -2.31. The van der Waals surface area contributed by atoms with Crippen molar-refractivity contribution < 1.29 is 14.6 Å². The van der Waals surface area contributed by atoms with Crippen LogP contribution < -0.4 is 10.2 Å². The Hall–Kier alpha value is -3.70. The highest BCUT2D eigenvalue weighted by Crippen LogP contribution is 2.31. The average molecular weight is 521 g/mol. The fourth-order valence-electron chi connectivity index (χ4n) is 5.03. The first-order chi connectivity index (χ1) is 18.5. The molecule has 2 aliphatic heterocycles. The molecule has 2 aliphatic rings. The normalized spacial score (nSPS) is 18.6. The van der Waals surface area contributed by atoms with Crippen molar-refractivity contribution in [2.24, 2.45) is 4.99 Å². The molecule has 38 heavy (non-hydrogen) atoms. The van der Waals surface area contributed by atoms with E-state index in [0.717, 1.165) is 44.7 Å². The average Bonchev–Trinajstić information content (AvgIpc) is 3.25. The topological polar surface area (TPSA) is 122 Å². The van der Waals surface area contributed by atoms with E-state index in [2.05, 4.69) is 49.2 Å². The number of ether oxygens (including phenoxy) is 1. The van der Waals surface area contributed by atoms with Crippen molar-refractivity contribution in [1.29, 1.82) is 0 Å². The van der Waals surface area contributed by atoms with Gasteiger partial charge in [0, 0.05) is 58.1 Å². The Bertz CT molecular complexity index is 1300. The second-order valence-corrected chi connectivity index (χ2v) is 9.94. The van der Waals surface area contributed by atoms with Gasteiger partial charge < -0.3 is 34.8 Å². The summed E-state index contributed by atoms with van der Waals surface area (Å²) >= 11 is 0. The quantitative estimate of drug-likeness (QED) is 0.448. The number of carbonyl (C=O) groups excluding carboxylic acids is 1. The molecule has 3 N–H and O–H groups in total. The molecule has 1 saturated heterocycles. The van der Waals surface area contributed by atoms with Crippen molar-refractivity contribution in [1.82, 2.24) is 24.8 Å². The highest BCUT2D eigenvalue weighted by atomic mass is 16.5. The van der Waals surface area contributed by atoms with Gasteiger partial charge in [-0.05, 0) is 50.2 Å². The number of nitrogens with zero attached hydrogens (tertiary/aromatic N) is 6. The van der Waals surface area contributed by atoms with Crippen LogP contribution in [0.2, 0.25) is 0 Å². The first kappa shape index (κ1) is 25.9. The van der Waals surface area contributed by atoms with E-state index in [1.54, 1.807) is 11.1 Å². The van der Waals surface area contributed by atoms with Crippen LogP contribution in [0.5, 0.6) is 5.88 Å². The third-order valence-corrected chi connectivity index (χ3v) is 7.13. The zero-order valence-electron chi connectivity index (χ0n) is 22.1. The predicted octanol–water partition coefficient (Wildman–Crippen LogP) is 2.74. The van der Waals surface area contributed by atoms with Crippen molar-refractivity contribution in [3.05, 3.63) is 35.7 Å². The number of aromatic nitrogens is 3. The molecule has 2 aromatic heterocycles. The van der Waals surface area contributed by atoms with Gasteiger partial charge in [-0.1, -0.05) is 0 Å². The Labute approximate surface area is 222 Å². The first-order valence-corrected chi connectivity index (χ1v) is 13.2. The number of aliphatic imine (C=N–C) groups is 1. The van der Waals surface area contributed by atoms with Crippen LogP contribution in [-0.2, 0) is 16.1 Å². The molecule has 1 aromatic carbocycles. The van der Waals surface area contributed by atoms with Gasteiger partial charge in [-0.3, -0.25) is 9.79 Å². The van der Waals surface area contributed by atoms with Crippen LogP contribution in [0.3, 0.4) is 0 Å². The van der Waals surface area contributed by atoms with Crippen molar-refractivity contribution >= 4 is 40.3 Å². The van der Waals surface area contributed by atoms with Crippen LogP contribution in [-0.4, -0.2) is 102 Å². The van der Waals surface area contributed by atoms with Gasteiger partial charge in [0.05, 0.1) is 29.9 Å². The van der Waals surface area contributed by atoms with Gasteiger partial charge in [0.15, 0.2) is 5.88 Å². The lowest BCUT2D eigenvalue weighted by atomic mass is 10.1. The largest absolute Gasteiger partial charge is 0.494 e. The van der Waals surface area contributed by atoms with Crippen LogP contribution in [0.15, 0.2) is 29.5 Å². The second kappa shape index (κ2) is 11.8. The smallest absolute Gasteiger partial charge is 0.222 e. The highest BCUT2D eigenvalue weighted by Gasteiger charge is 2.18. The Morgan fingerprint density at radius 2 is 1.89 bits per heavy atom. The Balaban J connectivity index is 1.51. The van der Waals surface area contributed by atoms with E-state index in [4.69, 9.17) is 9.73 Å². The van der Waals surface area contributed by atoms with E-state index in [-0.39, 0.29) is 11.8 Å². The van der Waals surface area contributed by atoms with Gasteiger partial charge in [0.1, 0.15) is 17.8 Å². The molecule has 1 amide bonds. The number of aromatic hydroxyl groups is 1. The van der Waals surface area contributed by atoms with E-state index in [0.29, 0.717) is 55.1 Å². The number of rotatable bonds is 1. The summed E-state index contributed by atoms with van der Waals surface area (Å²) in [5, 5.41) is 14.7. The zero-order chi connectivity index (χ0) is 26.5. The lowest BCUT2D eigenvalue weighted by molar-refractivity contribution is -0.130. The number of carbonyl (C=O) groups is 1. The number of hydrogen-bond acceptors (Lipinski definition) is 9. The number of amides is 1. The predicted molar refractivity (Wildman–Crippen MR) is 149 cm³/mol. The molecule has 11 heteroatoms. The molecular formula is C27H36N8O3. The van der Waals surface area contributed by atoms with E-state index in [1.165, 1.54) is 17.6 Å². The molecule has 3 aromatic rings. The van der Waals surface area contributed by atoms with Crippen molar-refractivity contribution in [2.75, 3.05) is 70.2 Å². The molecule has 0 aliphatic carbocycles. The van der Waals surface area contributed by atoms with E-state index >= 15 is 0 Å². The molecule has 0 atom stereocenters. The number of nitrogens with one attached hydrogen (secondary N) is 2. The molecular weight excluding hydrogens is 484 g/mol. The van der Waals surface area contributed by atoms with Crippen LogP contribution in [0.1, 0.15) is 30.4 Å². The molecule has 11 nitrogen and oxygen atoms in total. The molecule has 2 bridgehead atoms. The minimum absolute atomic E-state index is 0.00610. The van der Waals surface area contributed by atoms with Gasteiger partial charge >= 0.3 is 0 Å². The minimum Gasteiger partial charge on any atom is -0.494 e. The molecule has 4 heterocycles. The SMILES string of the molecule is CN1CCCC(=O)N(C)CCCNc2ncnc3[nH]c(O)c(c23)C=Nc2ccc(N3CCOCC3)c(c2)C1. The summed E-state index contributed by atoms with van der Waals surface area (Å²) in [4.78, 5) is 35.5. The molecule has 0 unspecified atom stereocenters. The molecule has 0 radical (unpaired) electrons. The fourth-order valence-corrected chi connectivity index (χ4v) is 5.03. The van der Waals surface area contributed by atoms with E-state index in [1.807, 2.05) is 13.1 Å². The maximum atomic E-state index is 12.7. The Morgan fingerprint density at radius 1 is 1.05 bits per heavy atom. The van der Waals surface area contributed by atoms with Crippen molar-refractivity contribution in [3.8, 4) is 5.88 Å². The van der Waals surface area contributed by atoms with Gasteiger partial charge in [-0.25, -0.2) is 9.97 Å². The van der Waals surface area contributed by atoms with Crippen LogP contribution in [0.25, 0.3) is 11.0 Å². The molecule has 5 rings (SSSR count). The highest BCUT2D eigenvalue weighted by molar-refractivity contribution is 6.06. The van der Waals surface area contributed by atoms with E-state index < -0.39 is 0 Å². The number of fused-ring (bicyclic) bond motifs is 2. The lowest BCUT2D eigenvalue weighted by Crippen LogP contribution is -2.37. The van der Waals surface area contributed by atoms with Gasteiger partial charge in [0.2, 0.25) is 5.91 Å². The number of anilines is 2. The molecule has 1 fully saturated rings. The number of morpholine rings is 1. The molecule has 0 spiro atoms. The summed E-state index contributed by atoms with van der Waals surface area (Å²) in [6, 6.07) is 6.23. The number of benzene rings is 1. The van der Waals surface area contributed by atoms with Crippen molar-refractivity contribution in [3.63, 3.8) is 0 Å². The third-order valence-electron chi connectivity index (χ3n) is 7.13. The summed E-state index contributed by atoms with van der Waals surface area (Å²) < 4.78 is 5.57. The zero-order valence-corrected chi connectivity index (χ0v) is 22.1. The Kier molecular flexibility index (Phi) is 8.04. The van der Waals surface area contributed by atoms with Crippen LogP contribution >= 0.6 is 0 Å². The van der Waals surface area contributed by atoms with Crippen molar-refractivity contribution in [2.45, 2.75) is 25.8 Å². The minimum atomic E-state index is -0.00610. The summed E-state index contributed by atoms with van der Waals surface area (Å²) in [5.74, 6) is 0.765. The number of aromatic amines is 1. The number of hydrogen-bond donors (Lipinski definition) is 3. The third kappa shape index (κ3) is 5.89. The maximum absolute atomic E-state index is 12.7. The second-order valence-electron chi connectivity index (χ2n) is 9.94.